The van der Waals surface area contributed by atoms with Crippen LogP contribution in [-0.2, 0) is 5.60 Å². The van der Waals surface area contributed by atoms with Crippen molar-refractivity contribution in [2.75, 3.05) is 26.2 Å². The van der Waals surface area contributed by atoms with E-state index in [9.17, 15) is 5.11 Å². The van der Waals surface area contributed by atoms with Crippen molar-refractivity contribution in [1.29, 1.82) is 0 Å². The van der Waals surface area contributed by atoms with Gasteiger partial charge in [-0.3, -0.25) is 4.90 Å². The van der Waals surface area contributed by atoms with Crippen molar-refractivity contribution in [2.24, 2.45) is 17.6 Å². The number of likely N-dealkylation sites (tertiary alicyclic amines) is 1. The van der Waals surface area contributed by atoms with Crippen LogP contribution in [0.4, 0.5) is 0 Å². The SMILES string of the molecule is NCC(O)(CN1CC2CCCC2C1)c1ccccc1. The molecule has 2 aliphatic rings. The maximum Gasteiger partial charge on any atom is 0.114 e. The molecule has 0 bridgehead atoms. The molecule has 3 heteroatoms. The molecule has 1 saturated heterocycles. The van der Waals surface area contributed by atoms with Crippen LogP contribution in [0.15, 0.2) is 30.3 Å². The highest BCUT2D eigenvalue weighted by atomic mass is 16.3. The van der Waals surface area contributed by atoms with Crippen LogP contribution in [0.3, 0.4) is 0 Å². The number of hydrogen-bond acceptors (Lipinski definition) is 3. The molecule has 1 aliphatic heterocycles. The van der Waals surface area contributed by atoms with Crippen molar-refractivity contribution >= 4 is 0 Å². The van der Waals surface area contributed by atoms with Gasteiger partial charge < -0.3 is 10.8 Å². The van der Waals surface area contributed by atoms with Gasteiger partial charge in [0, 0.05) is 26.2 Å². The summed E-state index contributed by atoms with van der Waals surface area (Å²) >= 11 is 0. The fraction of sp³-hybridized carbons (Fsp3) is 0.625. The Morgan fingerprint density at radius 1 is 1.16 bits per heavy atom. The predicted octanol–water partition coefficient (Wildman–Crippen LogP) is 1.56. The fourth-order valence-electron chi connectivity index (χ4n) is 3.85. The third kappa shape index (κ3) is 2.55. The Labute approximate surface area is 115 Å². The molecule has 3 atom stereocenters. The lowest BCUT2D eigenvalue weighted by Gasteiger charge is -2.32. The van der Waals surface area contributed by atoms with Crippen LogP contribution in [0.1, 0.15) is 24.8 Å². The first-order valence-electron chi connectivity index (χ1n) is 7.41. The molecule has 1 saturated carbocycles. The van der Waals surface area contributed by atoms with Crippen LogP contribution in [0.2, 0.25) is 0 Å². The summed E-state index contributed by atoms with van der Waals surface area (Å²) in [7, 11) is 0. The maximum absolute atomic E-state index is 10.8. The Morgan fingerprint density at radius 2 is 1.79 bits per heavy atom. The van der Waals surface area contributed by atoms with E-state index in [1.165, 1.54) is 19.3 Å². The largest absolute Gasteiger partial charge is 0.382 e. The summed E-state index contributed by atoms with van der Waals surface area (Å²) in [6, 6.07) is 9.86. The molecule has 3 unspecified atom stereocenters. The van der Waals surface area contributed by atoms with Crippen molar-refractivity contribution < 1.29 is 5.11 Å². The van der Waals surface area contributed by atoms with E-state index in [1.807, 2.05) is 30.3 Å². The summed E-state index contributed by atoms with van der Waals surface area (Å²) in [6.07, 6.45) is 4.13. The third-order valence-corrected chi connectivity index (χ3v) is 4.94. The zero-order valence-corrected chi connectivity index (χ0v) is 11.5. The molecule has 3 N–H and O–H groups in total. The topological polar surface area (TPSA) is 49.5 Å². The van der Waals surface area contributed by atoms with Gasteiger partial charge in [0.05, 0.1) is 0 Å². The second kappa shape index (κ2) is 5.23. The Balaban J connectivity index is 1.70. The molecule has 0 spiro atoms. The first kappa shape index (κ1) is 13.1. The highest BCUT2D eigenvalue weighted by molar-refractivity contribution is 5.23. The van der Waals surface area contributed by atoms with Gasteiger partial charge in [-0.1, -0.05) is 36.8 Å². The van der Waals surface area contributed by atoms with E-state index in [4.69, 9.17) is 5.73 Å². The van der Waals surface area contributed by atoms with Crippen LogP contribution in [0.5, 0.6) is 0 Å². The number of β-amino-alcohol motifs (C(OH)–C–C–N with tert-alkyl or cyclic N) is 1. The second-order valence-electron chi connectivity index (χ2n) is 6.25. The number of hydrogen-bond donors (Lipinski definition) is 2. The molecule has 104 valence electrons. The molecule has 3 nitrogen and oxygen atoms in total. The fourth-order valence-corrected chi connectivity index (χ4v) is 3.85. The molecule has 1 aromatic rings. The lowest BCUT2D eigenvalue weighted by Crippen LogP contribution is -2.45. The number of nitrogens with two attached hydrogens (primary N) is 1. The Bertz CT molecular complexity index is 410. The van der Waals surface area contributed by atoms with Crippen LogP contribution in [-0.4, -0.2) is 36.2 Å². The van der Waals surface area contributed by atoms with E-state index in [0.717, 1.165) is 30.5 Å². The Morgan fingerprint density at radius 3 is 2.37 bits per heavy atom. The monoisotopic (exact) mass is 260 g/mol. The number of rotatable bonds is 4. The average molecular weight is 260 g/mol. The summed E-state index contributed by atoms with van der Waals surface area (Å²) in [5, 5.41) is 10.8. The molecule has 2 fully saturated rings. The number of nitrogens with zero attached hydrogens (tertiary/aromatic N) is 1. The highest BCUT2D eigenvalue weighted by Crippen LogP contribution is 2.38. The van der Waals surface area contributed by atoms with Gasteiger partial charge >= 0.3 is 0 Å². The molecule has 19 heavy (non-hydrogen) atoms. The van der Waals surface area contributed by atoms with Crippen LogP contribution >= 0.6 is 0 Å². The van der Waals surface area contributed by atoms with Crippen LogP contribution in [0.25, 0.3) is 0 Å². The normalized spacial score (nSPS) is 30.2. The molecule has 0 amide bonds. The van der Waals surface area contributed by atoms with Crippen molar-refractivity contribution in [3.63, 3.8) is 0 Å². The number of fused-ring (bicyclic) bond motifs is 1. The van der Waals surface area contributed by atoms with E-state index >= 15 is 0 Å². The molecular weight excluding hydrogens is 236 g/mol. The highest BCUT2D eigenvalue weighted by Gasteiger charge is 2.39. The lowest BCUT2D eigenvalue weighted by atomic mass is 9.93. The lowest BCUT2D eigenvalue weighted by molar-refractivity contribution is 0.0112. The Kier molecular flexibility index (Phi) is 3.61. The van der Waals surface area contributed by atoms with Gasteiger partial charge in [0.1, 0.15) is 5.60 Å². The van der Waals surface area contributed by atoms with Gasteiger partial charge in [0.15, 0.2) is 0 Å². The third-order valence-electron chi connectivity index (χ3n) is 4.94. The van der Waals surface area contributed by atoms with E-state index < -0.39 is 5.60 Å². The van der Waals surface area contributed by atoms with Gasteiger partial charge in [-0.2, -0.15) is 0 Å². The van der Waals surface area contributed by atoms with Crippen LogP contribution in [0, 0.1) is 11.8 Å². The van der Waals surface area contributed by atoms with Gasteiger partial charge in [0.2, 0.25) is 0 Å². The van der Waals surface area contributed by atoms with Gasteiger partial charge in [0.25, 0.3) is 0 Å². The smallest absolute Gasteiger partial charge is 0.114 e. The molecule has 1 aliphatic carbocycles. The van der Waals surface area contributed by atoms with E-state index in [-0.39, 0.29) is 6.54 Å². The van der Waals surface area contributed by atoms with Crippen LogP contribution < -0.4 is 5.73 Å². The molecule has 0 aromatic heterocycles. The van der Waals surface area contributed by atoms with Gasteiger partial charge in [-0.05, 0) is 30.2 Å². The minimum Gasteiger partial charge on any atom is -0.382 e. The van der Waals surface area contributed by atoms with E-state index in [2.05, 4.69) is 4.90 Å². The minimum absolute atomic E-state index is 0.281. The summed E-state index contributed by atoms with van der Waals surface area (Å²) in [5.41, 5.74) is 5.89. The zero-order valence-electron chi connectivity index (χ0n) is 11.5. The average Bonchev–Trinajstić information content (AvgIpc) is 3.00. The summed E-state index contributed by atoms with van der Waals surface area (Å²) in [5.74, 6) is 1.72. The quantitative estimate of drug-likeness (QED) is 0.864. The first-order valence-corrected chi connectivity index (χ1v) is 7.41. The zero-order chi connectivity index (χ0) is 13.3. The standard InChI is InChI=1S/C16H24N2O/c17-11-16(19,15-7-2-1-3-8-15)12-18-9-13-5-4-6-14(13)10-18/h1-3,7-8,13-14,19H,4-6,9-12,17H2. The van der Waals surface area contributed by atoms with Gasteiger partial charge in [-0.15, -0.1) is 0 Å². The van der Waals surface area contributed by atoms with Gasteiger partial charge in [-0.25, -0.2) is 0 Å². The minimum atomic E-state index is -0.903. The molecule has 3 rings (SSSR count). The Hall–Kier alpha value is -0.900. The molecule has 0 radical (unpaired) electrons. The number of aliphatic hydroxyl groups is 1. The summed E-state index contributed by atoms with van der Waals surface area (Å²) < 4.78 is 0. The van der Waals surface area contributed by atoms with E-state index in [0.29, 0.717) is 6.54 Å². The second-order valence-corrected chi connectivity index (χ2v) is 6.25. The van der Waals surface area contributed by atoms with Crippen molar-refractivity contribution in [2.45, 2.75) is 24.9 Å². The number of benzene rings is 1. The summed E-state index contributed by atoms with van der Waals surface area (Å²) in [6.45, 7) is 3.23. The predicted molar refractivity (Wildman–Crippen MR) is 76.7 cm³/mol. The van der Waals surface area contributed by atoms with Crippen molar-refractivity contribution in [1.82, 2.24) is 4.90 Å². The summed E-state index contributed by atoms with van der Waals surface area (Å²) in [4.78, 5) is 2.41. The maximum atomic E-state index is 10.8. The molecule has 1 heterocycles. The van der Waals surface area contributed by atoms with Crippen molar-refractivity contribution in [3.8, 4) is 0 Å². The van der Waals surface area contributed by atoms with Crippen molar-refractivity contribution in [3.05, 3.63) is 35.9 Å². The van der Waals surface area contributed by atoms with E-state index in [1.54, 1.807) is 0 Å². The molecule has 1 aromatic carbocycles. The first-order chi connectivity index (χ1) is 9.21. The molecular formula is C16H24N2O.